The van der Waals surface area contributed by atoms with Gasteiger partial charge in [0.15, 0.2) is 0 Å². The zero-order valence-corrected chi connectivity index (χ0v) is 7.32. The SMILES string of the molecule is CC=NNC(=O)Nc1ccccc1. The number of hydrazone groups is 1. The number of urea groups is 1. The minimum atomic E-state index is -0.343. The summed E-state index contributed by atoms with van der Waals surface area (Å²) in [6, 6.07) is 8.83. The van der Waals surface area contributed by atoms with Crippen LogP contribution in [0.4, 0.5) is 10.5 Å². The van der Waals surface area contributed by atoms with Gasteiger partial charge in [0.2, 0.25) is 0 Å². The summed E-state index contributed by atoms with van der Waals surface area (Å²) in [6.07, 6.45) is 1.50. The van der Waals surface area contributed by atoms with E-state index in [1.54, 1.807) is 19.1 Å². The summed E-state index contributed by atoms with van der Waals surface area (Å²) in [6.45, 7) is 1.72. The van der Waals surface area contributed by atoms with Crippen LogP contribution in [0.15, 0.2) is 35.4 Å². The fourth-order valence-corrected chi connectivity index (χ4v) is 0.804. The number of nitrogens with one attached hydrogen (secondary N) is 2. The van der Waals surface area contributed by atoms with Gasteiger partial charge in [-0.25, -0.2) is 10.2 Å². The van der Waals surface area contributed by atoms with Crippen LogP contribution in [-0.4, -0.2) is 12.2 Å². The smallest absolute Gasteiger partial charge is 0.307 e. The maximum Gasteiger partial charge on any atom is 0.339 e. The second kappa shape index (κ2) is 4.92. The van der Waals surface area contributed by atoms with Gasteiger partial charge in [0.05, 0.1) is 0 Å². The summed E-state index contributed by atoms with van der Waals surface area (Å²) in [5.74, 6) is 0. The predicted molar refractivity (Wildman–Crippen MR) is 52.8 cm³/mol. The van der Waals surface area contributed by atoms with Gasteiger partial charge in [-0.3, -0.25) is 0 Å². The molecular formula is C9H11N3O. The zero-order chi connectivity index (χ0) is 9.52. The number of benzene rings is 1. The fourth-order valence-electron chi connectivity index (χ4n) is 0.804. The Morgan fingerprint density at radius 3 is 2.69 bits per heavy atom. The van der Waals surface area contributed by atoms with E-state index in [9.17, 15) is 4.79 Å². The van der Waals surface area contributed by atoms with Crippen LogP contribution >= 0.6 is 0 Å². The van der Waals surface area contributed by atoms with E-state index in [0.717, 1.165) is 5.69 Å². The minimum absolute atomic E-state index is 0.343. The van der Waals surface area contributed by atoms with Gasteiger partial charge in [0.25, 0.3) is 0 Å². The van der Waals surface area contributed by atoms with E-state index in [2.05, 4.69) is 15.8 Å². The quantitative estimate of drug-likeness (QED) is 0.525. The first kappa shape index (κ1) is 9.25. The van der Waals surface area contributed by atoms with Crippen molar-refractivity contribution in [3.63, 3.8) is 0 Å². The average Bonchev–Trinajstić information content (AvgIpc) is 2.16. The second-order valence-corrected chi connectivity index (χ2v) is 2.32. The molecule has 0 saturated carbocycles. The molecule has 1 aromatic rings. The minimum Gasteiger partial charge on any atom is -0.307 e. The van der Waals surface area contributed by atoms with Gasteiger partial charge in [0.1, 0.15) is 0 Å². The number of para-hydroxylation sites is 1. The summed E-state index contributed by atoms with van der Waals surface area (Å²) < 4.78 is 0. The van der Waals surface area contributed by atoms with Crippen LogP contribution in [0, 0.1) is 0 Å². The van der Waals surface area contributed by atoms with Crippen LogP contribution < -0.4 is 10.7 Å². The number of hydrogen-bond donors (Lipinski definition) is 2. The monoisotopic (exact) mass is 177 g/mol. The van der Waals surface area contributed by atoms with E-state index >= 15 is 0 Å². The summed E-state index contributed by atoms with van der Waals surface area (Å²) in [5, 5.41) is 6.19. The number of hydrogen-bond acceptors (Lipinski definition) is 2. The number of amides is 2. The molecule has 0 saturated heterocycles. The topological polar surface area (TPSA) is 53.5 Å². The molecule has 13 heavy (non-hydrogen) atoms. The number of carbonyl (C=O) groups is 1. The molecule has 0 aliphatic heterocycles. The van der Waals surface area contributed by atoms with Crippen LogP contribution in [-0.2, 0) is 0 Å². The third-order valence-electron chi connectivity index (χ3n) is 1.33. The van der Waals surface area contributed by atoms with Crippen molar-refractivity contribution in [2.45, 2.75) is 6.92 Å². The van der Waals surface area contributed by atoms with Gasteiger partial charge >= 0.3 is 6.03 Å². The highest BCUT2D eigenvalue weighted by Gasteiger charge is 1.96. The molecule has 0 spiro atoms. The standard InChI is InChI=1S/C9H11N3O/c1-2-10-12-9(13)11-8-6-4-3-5-7-8/h2-7H,1H3,(H2,11,12,13). The predicted octanol–water partition coefficient (Wildman–Crippen LogP) is 1.81. The van der Waals surface area contributed by atoms with E-state index in [1.807, 2.05) is 18.2 Å². The molecule has 0 atom stereocenters. The Bertz CT molecular complexity index is 295. The fraction of sp³-hybridized carbons (Fsp3) is 0.111. The van der Waals surface area contributed by atoms with E-state index in [-0.39, 0.29) is 6.03 Å². The van der Waals surface area contributed by atoms with Crippen molar-refractivity contribution >= 4 is 17.9 Å². The summed E-state index contributed by atoms with van der Waals surface area (Å²) in [5.41, 5.74) is 3.04. The van der Waals surface area contributed by atoms with Crippen LogP contribution in [0.25, 0.3) is 0 Å². The lowest BCUT2D eigenvalue weighted by Crippen LogP contribution is -2.23. The first-order valence-electron chi connectivity index (χ1n) is 3.92. The lowest BCUT2D eigenvalue weighted by molar-refractivity contribution is 0.252. The van der Waals surface area contributed by atoms with Crippen molar-refractivity contribution in [1.82, 2.24) is 5.43 Å². The maximum atomic E-state index is 11.0. The molecule has 0 fully saturated rings. The Morgan fingerprint density at radius 1 is 1.38 bits per heavy atom. The lowest BCUT2D eigenvalue weighted by atomic mass is 10.3. The van der Waals surface area contributed by atoms with Crippen LogP contribution in [0.2, 0.25) is 0 Å². The molecule has 2 N–H and O–H groups in total. The highest BCUT2D eigenvalue weighted by molar-refractivity contribution is 5.89. The Kier molecular flexibility index (Phi) is 3.50. The average molecular weight is 177 g/mol. The maximum absolute atomic E-state index is 11.0. The molecule has 1 aromatic carbocycles. The summed E-state index contributed by atoms with van der Waals surface area (Å²) in [4.78, 5) is 11.0. The van der Waals surface area contributed by atoms with Gasteiger partial charge in [-0.05, 0) is 19.1 Å². The van der Waals surface area contributed by atoms with Crippen LogP contribution in [0.5, 0.6) is 0 Å². The Hall–Kier alpha value is -1.84. The second-order valence-electron chi connectivity index (χ2n) is 2.32. The molecule has 0 bridgehead atoms. The number of carbonyl (C=O) groups excluding carboxylic acids is 1. The van der Waals surface area contributed by atoms with E-state index in [4.69, 9.17) is 0 Å². The first-order valence-corrected chi connectivity index (χ1v) is 3.92. The molecule has 2 amide bonds. The van der Waals surface area contributed by atoms with Crippen molar-refractivity contribution in [3.8, 4) is 0 Å². The van der Waals surface area contributed by atoms with Gasteiger partial charge < -0.3 is 5.32 Å². The van der Waals surface area contributed by atoms with Gasteiger partial charge in [-0.1, -0.05) is 18.2 Å². The molecule has 4 heteroatoms. The molecule has 0 aliphatic carbocycles. The number of rotatable bonds is 2. The van der Waals surface area contributed by atoms with Gasteiger partial charge in [-0.15, -0.1) is 0 Å². The molecule has 4 nitrogen and oxygen atoms in total. The highest BCUT2D eigenvalue weighted by Crippen LogP contribution is 2.03. The molecule has 1 rings (SSSR count). The van der Waals surface area contributed by atoms with E-state index in [0.29, 0.717) is 0 Å². The van der Waals surface area contributed by atoms with Crippen LogP contribution in [0.3, 0.4) is 0 Å². The molecule has 68 valence electrons. The molecule has 0 unspecified atom stereocenters. The van der Waals surface area contributed by atoms with Crippen molar-refractivity contribution < 1.29 is 4.79 Å². The van der Waals surface area contributed by atoms with Crippen molar-refractivity contribution in [2.24, 2.45) is 5.10 Å². The highest BCUT2D eigenvalue weighted by atomic mass is 16.2. The lowest BCUT2D eigenvalue weighted by Gasteiger charge is -2.02. The van der Waals surface area contributed by atoms with Gasteiger partial charge in [0, 0.05) is 11.9 Å². The molecule has 0 heterocycles. The third-order valence-corrected chi connectivity index (χ3v) is 1.33. The molecular weight excluding hydrogens is 166 g/mol. The molecule has 0 aliphatic rings. The normalized spacial score (nSPS) is 9.92. The van der Waals surface area contributed by atoms with Crippen molar-refractivity contribution in [3.05, 3.63) is 30.3 Å². The molecule has 0 aromatic heterocycles. The molecule has 0 radical (unpaired) electrons. The Labute approximate surface area is 76.7 Å². The van der Waals surface area contributed by atoms with Crippen molar-refractivity contribution in [2.75, 3.05) is 5.32 Å². The summed E-state index contributed by atoms with van der Waals surface area (Å²) in [7, 11) is 0. The van der Waals surface area contributed by atoms with Gasteiger partial charge in [-0.2, -0.15) is 5.10 Å². The van der Waals surface area contributed by atoms with Crippen molar-refractivity contribution in [1.29, 1.82) is 0 Å². The largest absolute Gasteiger partial charge is 0.339 e. The van der Waals surface area contributed by atoms with E-state index in [1.165, 1.54) is 6.21 Å². The number of nitrogens with zero attached hydrogens (tertiary/aromatic N) is 1. The Balaban J connectivity index is 2.46. The number of anilines is 1. The van der Waals surface area contributed by atoms with E-state index < -0.39 is 0 Å². The first-order chi connectivity index (χ1) is 6.33. The zero-order valence-electron chi connectivity index (χ0n) is 7.32. The summed E-state index contributed by atoms with van der Waals surface area (Å²) >= 11 is 0. The Morgan fingerprint density at radius 2 is 2.08 bits per heavy atom. The van der Waals surface area contributed by atoms with Crippen LogP contribution in [0.1, 0.15) is 6.92 Å². The third kappa shape index (κ3) is 3.37.